The summed E-state index contributed by atoms with van der Waals surface area (Å²) in [5, 5.41) is 0.286. The summed E-state index contributed by atoms with van der Waals surface area (Å²) in [6.45, 7) is 5.80. The fourth-order valence-electron chi connectivity index (χ4n) is 3.09. The van der Waals surface area contributed by atoms with E-state index in [0.29, 0.717) is 37.1 Å². The number of nitrogens with zero attached hydrogens (tertiary/aromatic N) is 6. The minimum atomic E-state index is -0.152. The molecule has 1 saturated heterocycles. The van der Waals surface area contributed by atoms with Gasteiger partial charge in [-0.15, -0.1) is 0 Å². The molecular formula is C18H24ClN7O. The zero-order chi connectivity index (χ0) is 19.6. The van der Waals surface area contributed by atoms with Crippen molar-refractivity contribution in [3.8, 4) is 0 Å². The molecule has 3 rings (SSSR count). The lowest BCUT2D eigenvalue weighted by atomic mass is 10.2. The van der Waals surface area contributed by atoms with E-state index in [2.05, 4.69) is 24.8 Å². The predicted octanol–water partition coefficient (Wildman–Crippen LogP) is 1.97. The van der Waals surface area contributed by atoms with Crippen LogP contribution in [-0.2, 0) is 6.54 Å². The van der Waals surface area contributed by atoms with Crippen molar-refractivity contribution in [1.29, 1.82) is 0 Å². The number of hydrogen-bond donors (Lipinski definition) is 1. The van der Waals surface area contributed by atoms with Gasteiger partial charge in [-0.25, -0.2) is 19.9 Å². The first-order valence-electron chi connectivity index (χ1n) is 8.94. The topological polar surface area (TPSA) is 101 Å². The zero-order valence-corrected chi connectivity index (χ0v) is 16.5. The van der Waals surface area contributed by atoms with Crippen LogP contribution in [0.1, 0.15) is 48.3 Å². The Bertz CT molecular complexity index is 829. The van der Waals surface area contributed by atoms with Crippen LogP contribution in [0.5, 0.6) is 0 Å². The van der Waals surface area contributed by atoms with Gasteiger partial charge >= 0.3 is 0 Å². The Hall–Kier alpha value is -2.32. The van der Waals surface area contributed by atoms with Crippen LogP contribution in [0.3, 0.4) is 0 Å². The minimum absolute atomic E-state index is 0.129. The molecule has 0 radical (unpaired) electrons. The Morgan fingerprint density at radius 1 is 1.41 bits per heavy atom. The van der Waals surface area contributed by atoms with Crippen LogP contribution in [-0.4, -0.2) is 61.8 Å². The second-order valence-electron chi connectivity index (χ2n) is 7.09. The molecule has 9 heteroatoms. The number of aromatic nitrogens is 4. The molecular weight excluding hydrogens is 366 g/mol. The van der Waals surface area contributed by atoms with Crippen molar-refractivity contribution in [1.82, 2.24) is 29.7 Å². The van der Waals surface area contributed by atoms with Crippen molar-refractivity contribution in [3.63, 3.8) is 0 Å². The van der Waals surface area contributed by atoms with Gasteiger partial charge in [0.05, 0.1) is 17.8 Å². The Morgan fingerprint density at radius 2 is 2.19 bits per heavy atom. The summed E-state index contributed by atoms with van der Waals surface area (Å²) in [4.78, 5) is 33.9. The highest BCUT2D eigenvalue weighted by Crippen LogP contribution is 2.22. The molecule has 1 amide bonds. The second kappa shape index (κ2) is 8.14. The Morgan fingerprint density at radius 3 is 2.89 bits per heavy atom. The molecule has 0 saturated carbocycles. The smallest absolute Gasteiger partial charge is 0.274 e. The molecule has 0 unspecified atom stereocenters. The SMILES string of the molecule is CC(C)c1ncc(Cl)c(C(=O)N2CC[C@H](N(C)Cc3nccc(N)n3)C2)n1. The molecule has 1 aliphatic rings. The molecule has 3 heterocycles. The van der Waals surface area contributed by atoms with E-state index in [-0.39, 0.29) is 28.6 Å². The number of carbonyl (C=O) groups is 1. The third-order valence-electron chi connectivity index (χ3n) is 4.67. The minimum Gasteiger partial charge on any atom is -0.384 e. The summed E-state index contributed by atoms with van der Waals surface area (Å²) < 4.78 is 0. The molecule has 0 aliphatic carbocycles. The van der Waals surface area contributed by atoms with Crippen molar-refractivity contribution in [2.75, 3.05) is 25.9 Å². The number of hydrogen-bond acceptors (Lipinski definition) is 7. The molecule has 2 aromatic heterocycles. The maximum atomic E-state index is 12.9. The first-order valence-corrected chi connectivity index (χ1v) is 9.32. The summed E-state index contributed by atoms with van der Waals surface area (Å²) in [5.74, 6) is 1.72. The number of likely N-dealkylation sites (tertiary alicyclic amines) is 1. The van der Waals surface area contributed by atoms with E-state index in [0.717, 1.165) is 6.42 Å². The highest BCUT2D eigenvalue weighted by atomic mass is 35.5. The normalized spacial score (nSPS) is 17.1. The van der Waals surface area contributed by atoms with E-state index >= 15 is 0 Å². The summed E-state index contributed by atoms with van der Waals surface area (Å²) in [6, 6.07) is 1.88. The lowest BCUT2D eigenvalue weighted by molar-refractivity contribution is 0.0773. The van der Waals surface area contributed by atoms with Crippen molar-refractivity contribution in [3.05, 3.63) is 40.8 Å². The molecule has 1 aliphatic heterocycles. The fraction of sp³-hybridized carbons (Fsp3) is 0.500. The molecule has 2 aromatic rings. The number of likely N-dealkylation sites (N-methyl/N-ethyl adjacent to an activating group) is 1. The number of nitrogens with two attached hydrogens (primary N) is 1. The van der Waals surface area contributed by atoms with E-state index in [1.54, 1.807) is 17.2 Å². The Kier molecular flexibility index (Phi) is 5.86. The van der Waals surface area contributed by atoms with Gasteiger partial charge in [-0.05, 0) is 19.5 Å². The largest absolute Gasteiger partial charge is 0.384 e. The molecule has 0 bridgehead atoms. The van der Waals surface area contributed by atoms with Gasteiger partial charge < -0.3 is 10.6 Å². The van der Waals surface area contributed by atoms with Gasteiger partial charge in [-0.3, -0.25) is 9.69 Å². The number of carbonyl (C=O) groups excluding carboxylic acids is 1. The van der Waals surface area contributed by atoms with Crippen LogP contribution in [0.4, 0.5) is 5.82 Å². The van der Waals surface area contributed by atoms with Crippen LogP contribution < -0.4 is 5.73 Å². The van der Waals surface area contributed by atoms with Gasteiger partial charge in [-0.2, -0.15) is 0 Å². The maximum Gasteiger partial charge on any atom is 0.274 e. The fourth-order valence-corrected chi connectivity index (χ4v) is 3.26. The quantitative estimate of drug-likeness (QED) is 0.834. The molecule has 1 fully saturated rings. The molecule has 0 aromatic carbocycles. The van der Waals surface area contributed by atoms with Crippen LogP contribution in [0.25, 0.3) is 0 Å². The van der Waals surface area contributed by atoms with E-state index < -0.39 is 0 Å². The highest BCUT2D eigenvalue weighted by Gasteiger charge is 2.31. The van der Waals surface area contributed by atoms with Gasteiger partial charge in [0.25, 0.3) is 5.91 Å². The standard InChI is InChI=1S/C18H24ClN7O/c1-11(2)17-22-8-13(19)16(24-17)18(27)26-7-5-12(9-26)25(3)10-15-21-6-4-14(20)23-15/h4,6,8,11-12H,5,7,9-10H2,1-3H3,(H2,20,21,23)/t12-/m0/s1. The van der Waals surface area contributed by atoms with Crippen LogP contribution in [0, 0.1) is 0 Å². The van der Waals surface area contributed by atoms with Crippen molar-refractivity contribution >= 4 is 23.3 Å². The number of halogens is 1. The second-order valence-corrected chi connectivity index (χ2v) is 7.49. The van der Waals surface area contributed by atoms with Gasteiger partial charge in [0.1, 0.15) is 17.5 Å². The van der Waals surface area contributed by atoms with E-state index in [4.69, 9.17) is 17.3 Å². The van der Waals surface area contributed by atoms with Crippen LogP contribution >= 0.6 is 11.6 Å². The number of anilines is 1. The van der Waals surface area contributed by atoms with Crippen LogP contribution in [0.15, 0.2) is 18.5 Å². The van der Waals surface area contributed by atoms with Gasteiger partial charge in [0, 0.05) is 31.2 Å². The lowest BCUT2D eigenvalue weighted by Crippen LogP contribution is -2.37. The summed E-state index contributed by atoms with van der Waals surface area (Å²) in [5.41, 5.74) is 5.99. The monoisotopic (exact) mass is 389 g/mol. The average Bonchev–Trinajstić information content (AvgIpc) is 3.11. The highest BCUT2D eigenvalue weighted by molar-refractivity contribution is 6.33. The molecule has 1 atom stereocenters. The third-order valence-corrected chi connectivity index (χ3v) is 4.95. The van der Waals surface area contributed by atoms with Gasteiger partial charge in [-0.1, -0.05) is 25.4 Å². The molecule has 2 N–H and O–H groups in total. The summed E-state index contributed by atoms with van der Waals surface area (Å²) in [7, 11) is 2.00. The lowest BCUT2D eigenvalue weighted by Gasteiger charge is -2.24. The van der Waals surface area contributed by atoms with E-state index in [1.165, 1.54) is 6.20 Å². The zero-order valence-electron chi connectivity index (χ0n) is 15.8. The van der Waals surface area contributed by atoms with Crippen molar-refractivity contribution < 1.29 is 4.79 Å². The van der Waals surface area contributed by atoms with Gasteiger partial charge in [0.15, 0.2) is 5.69 Å². The Balaban J connectivity index is 1.67. The number of amides is 1. The van der Waals surface area contributed by atoms with Crippen molar-refractivity contribution in [2.45, 2.75) is 38.8 Å². The van der Waals surface area contributed by atoms with Crippen molar-refractivity contribution in [2.24, 2.45) is 0 Å². The predicted molar refractivity (Wildman–Crippen MR) is 103 cm³/mol. The molecule has 144 valence electrons. The van der Waals surface area contributed by atoms with Gasteiger partial charge in [0.2, 0.25) is 0 Å². The average molecular weight is 390 g/mol. The Labute approximate surface area is 163 Å². The van der Waals surface area contributed by atoms with E-state index in [9.17, 15) is 4.79 Å². The third kappa shape index (κ3) is 4.51. The summed E-state index contributed by atoms with van der Waals surface area (Å²) >= 11 is 6.18. The van der Waals surface area contributed by atoms with E-state index in [1.807, 2.05) is 20.9 Å². The maximum absolute atomic E-state index is 12.9. The number of nitrogen functional groups attached to an aromatic ring is 1. The molecule has 27 heavy (non-hydrogen) atoms. The number of rotatable bonds is 5. The molecule has 8 nitrogen and oxygen atoms in total. The molecule has 0 spiro atoms. The van der Waals surface area contributed by atoms with Crippen LogP contribution in [0.2, 0.25) is 5.02 Å². The summed E-state index contributed by atoms with van der Waals surface area (Å²) in [6.07, 6.45) is 4.03. The first kappa shape index (κ1) is 19.4. The first-order chi connectivity index (χ1) is 12.8.